The van der Waals surface area contributed by atoms with Gasteiger partial charge in [0.2, 0.25) is 0 Å². The number of hydrogen-bond donors (Lipinski definition) is 0. The Bertz CT molecular complexity index is 722. The summed E-state index contributed by atoms with van der Waals surface area (Å²) in [6, 6.07) is 17.7. The van der Waals surface area contributed by atoms with Crippen LogP contribution in [0.2, 0.25) is 0 Å². The molecule has 0 bridgehead atoms. The second-order valence-corrected chi connectivity index (χ2v) is 5.61. The molecule has 0 saturated heterocycles. The van der Waals surface area contributed by atoms with Gasteiger partial charge in [-0.25, -0.2) is 0 Å². The molecule has 2 aromatic carbocycles. The maximum atomic E-state index is 12.5. The summed E-state index contributed by atoms with van der Waals surface area (Å²) in [5.74, 6) is -1.06. The summed E-state index contributed by atoms with van der Waals surface area (Å²) >= 11 is 0. The number of para-hydroxylation sites is 2. The monoisotopic (exact) mass is 322 g/mol. The van der Waals surface area contributed by atoms with E-state index in [4.69, 9.17) is 9.47 Å². The molecule has 0 heterocycles. The Morgan fingerprint density at radius 1 is 0.792 bits per heavy atom. The molecule has 4 heteroatoms. The highest BCUT2D eigenvalue weighted by Gasteiger charge is 2.36. The Morgan fingerprint density at radius 3 is 1.92 bits per heavy atom. The van der Waals surface area contributed by atoms with Crippen molar-refractivity contribution in [2.24, 2.45) is 11.8 Å². The molecule has 122 valence electrons. The molecule has 2 atom stereocenters. The minimum atomic E-state index is -0.629. The van der Waals surface area contributed by atoms with E-state index in [-0.39, 0.29) is 0 Å². The molecule has 1 aliphatic carbocycles. The second-order valence-electron chi connectivity index (χ2n) is 5.61. The van der Waals surface area contributed by atoms with Gasteiger partial charge in [-0.2, -0.15) is 0 Å². The van der Waals surface area contributed by atoms with Crippen LogP contribution in [-0.4, -0.2) is 11.9 Å². The molecular formula is C20H18O4. The Hall–Kier alpha value is -2.88. The molecule has 2 aromatic rings. The highest BCUT2D eigenvalue weighted by molar-refractivity contribution is 5.86. The Balaban J connectivity index is 1.70. The van der Waals surface area contributed by atoms with E-state index >= 15 is 0 Å². The Morgan fingerprint density at radius 2 is 1.33 bits per heavy atom. The lowest BCUT2D eigenvalue weighted by Gasteiger charge is -2.24. The van der Waals surface area contributed by atoms with E-state index in [1.54, 1.807) is 54.6 Å². The van der Waals surface area contributed by atoms with E-state index < -0.39 is 23.8 Å². The molecule has 0 spiro atoms. The molecular weight excluding hydrogens is 304 g/mol. The molecule has 24 heavy (non-hydrogen) atoms. The van der Waals surface area contributed by atoms with Gasteiger partial charge in [0, 0.05) is 0 Å². The highest BCUT2D eigenvalue weighted by Crippen LogP contribution is 2.28. The third kappa shape index (κ3) is 3.90. The molecule has 0 aromatic heterocycles. The smallest absolute Gasteiger partial charge is 0.319 e. The van der Waals surface area contributed by atoms with E-state index in [2.05, 4.69) is 0 Å². The predicted octanol–water partition coefficient (Wildman–Crippen LogP) is 3.78. The highest BCUT2D eigenvalue weighted by atomic mass is 16.5. The summed E-state index contributed by atoms with van der Waals surface area (Å²) in [7, 11) is 0. The van der Waals surface area contributed by atoms with Crippen molar-refractivity contribution >= 4 is 11.9 Å². The van der Waals surface area contributed by atoms with Crippen LogP contribution in [0, 0.1) is 11.8 Å². The van der Waals surface area contributed by atoms with E-state index in [0.29, 0.717) is 17.9 Å². The van der Waals surface area contributed by atoms with Gasteiger partial charge in [0.1, 0.15) is 11.5 Å². The van der Waals surface area contributed by atoms with Crippen LogP contribution >= 0.6 is 0 Å². The molecule has 3 rings (SSSR count). The molecule has 2 unspecified atom stereocenters. The zero-order chi connectivity index (χ0) is 16.8. The van der Waals surface area contributed by atoms with Crippen molar-refractivity contribution in [2.45, 2.75) is 12.8 Å². The van der Waals surface area contributed by atoms with Crippen molar-refractivity contribution in [1.82, 2.24) is 0 Å². The number of carbonyl (C=O) groups is 2. The average Bonchev–Trinajstić information content (AvgIpc) is 2.63. The molecule has 0 aliphatic heterocycles. The van der Waals surface area contributed by atoms with Crippen molar-refractivity contribution in [3.8, 4) is 11.5 Å². The van der Waals surface area contributed by atoms with Gasteiger partial charge in [0.05, 0.1) is 11.8 Å². The zero-order valence-corrected chi connectivity index (χ0v) is 13.1. The van der Waals surface area contributed by atoms with Crippen LogP contribution in [0.15, 0.2) is 72.8 Å². The van der Waals surface area contributed by atoms with Crippen LogP contribution in [0.25, 0.3) is 0 Å². The number of esters is 2. The van der Waals surface area contributed by atoms with Gasteiger partial charge in [-0.3, -0.25) is 9.59 Å². The standard InChI is InChI=1S/C20H18O4/c21-19(23-15-9-3-1-4-10-15)17-13-7-8-14-18(17)20(22)24-16-11-5-2-6-12-16/h1-7,9-13,17-18H,8,14H2. The van der Waals surface area contributed by atoms with Gasteiger partial charge >= 0.3 is 11.9 Å². The van der Waals surface area contributed by atoms with Crippen LogP contribution in [0.3, 0.4) is 0 Å². The summed E-state index contributed by atoms with van der Waals surface area (Å²) in [5, 5.41) is 0. The van der Waals surface area contributed by atoms with Crippen molar-refractivity contribution in [3.05, 3.63) is 72.8 Å². The summed E-state index contributed by atoms with van der Waals surface area (Å²) < 4.78 is 10.8. The molecule has 1 aliphatic rings. The molecule has 4 nitrogen and oxygen atoms in total. The van der Waals surface area contributed by atoms with Crippen molar-refractivity contribution in [2.75, 3.05) is 0 Å². The topological polar surface area (TPSA) is 52.6 Å². The predicted molar refractivity (Wildman–Crippen MR) is 89.5 cm³/mol. The maximum Gasteiger partial charge on any atom is 0.319 e. The van der Waals surface area contributed by atoms with E-state index in [9.17, 15) is 9.59 Å². The molecule has 0 radical (unpaired) electrons. The molecule has 0 fully saturated rings. The van der Waals surface area contributed by atoms with Gasteiger partial charge in [0.15, 0.2) is 0 Å². The van der Waals surface area contributed by atoms with Crippen molar-refractivity contribution in [1.29, 1.82) is 0 Å². The first-order valence-electron chi connectivity index (χ1n) is 7.94. The first-order valence-corrected chi connectivity index (χ1v) is 7.94. The van der Waals surface area contributed by atoms with Crippen LogP contribution in [0.5, 0.6) is 11.5 Å². The fourth-order valence-corrected chi connectivity index (χ4v) is 2.69. The summed E-state index contributed by atoms with van der Waals surface area (Å²) in [6.07, 6.45) is 4.95. The zero-order valence-electron chi connectivity index (χ0n) is 13.1. The lowest BCUT2D eigenvalue weighted by molar-refractivity contribution is -0.149. The first kappa shape index (κ1) is 16.0. The summed E-state index contributed by atoms with van der Waals surface area (Å²) in [6.45, 7) is 0. The van der Waals surface area contributed by atoms with Gasteiger partial charge < -0.3 is 9.47 Å². The maximum absolute atomic E-state index is 12.5. The van der Waals surface area contributed by atoms with Gasteiger partial charge in [-0.05, 0) is 37.1 Å². The third-order valence-corrected chi connectivity index (χ3v) is 3.92. The molecule has 0 saturated carbocycles. The molecule has 0 N–H and O–H groups in total. The van der Waals surface area contributed by atoms with Crippen LogP contribution < -0.4 is 9.47 Å². The number of carbonyl (C=O) groups excluding carboxylic acids is 2. The lowest BCUT2D eigenvalue weighted by atomic mass is 9.84. The van der Waals surface area contributed by atoms with Crippen LogP contribution in [0.1, 0.15) is 12.8 Å². The Labute approximate surface area is 140 Å². The molecule has 0 amide bonds. The third-order valence-electron chi connectivity index (χ3n) is 3.92. The van der Waals surface area contributed by atoms with Crippen molar-refractivity contribution < 1.29 is 19.1 Å². The van der Waals surface area contributed by atoms with Gasteiger partial charge in [-0.15, -0.1) is 0 Å². The summed E-state index contributed by atoms with van der Waals surface area (Å²) in [5.41, 5.74) is 0. The van der Waals surface area contributed by atoms with Crippen molar-refractivity contribution in [3.63, 3.8) is 0 Å². The first-order chi connectivity index (χ1) is 11.7. The number of hydrogen-bond acceptors (Lipinski definition) is 4. The quantitative estimate of drug-likeness (QED) is 0.488. The van der Waals surface area contributed by atoms with E-state index in [1.165, 1.54) is 0 Å². The fraction of sp³-hybridized carbons (Fsp3) is 0.200. The SMILES string of the molecule is O=C(Oc1ccccc1)C1C=CCCC1C(=O)Oc1ccccc1. The fourth-order valence-electron chi connectivity index (χ4n) is 2.69. The van der Waals surface area contributed by atoms with Gasteiger partial charge in [0.25, 0.3) is 0 Å². The largest absolute Gasteiger partial charge is 0.426 e. The minimum Gasteiger partial charge on any atom is -0.426 e. The lowest BCUT2D eigenvalue weighted by Crippen LogP contribution is -2.35. The number of rotatable bonds is 4. The van der Waals surface area contributed by atoms with E-state index in [0.717, 1.165) is 6.42 Å². The van der Waals surface area contributed by atoms with Gasteiger partial charge in [-0.1, -0.05) is 48.6 Å². The summed E-state index contributed by atoms with van der Waals surface area (Å²) in [4.78, 5) is 24.9. The van der Waals surface area contributed by atoms with Crippen LogP contribution in [0.4, 0.5) is 0 Å². The van der Waals surface area contributed by atoms with E-state index in [1.807, 2.05) is 18.2 Å². The second kappa shape index (κ2) is 7.59. The van der Waals surface area contributed by atoms with Crippen LogP contribution in [-0.2, 0) is 9.59 Å². The Kier molecular flexibility index (Phi) is 5.06. The average molecular weight is 322 g/mol. The number of allylic oxidation sites excluding steroid dienone is 1. The number of ether oxygens (including phenoxy) is 2. The minimum absolute atomic E-state index is 0.402. The normalized spacial score (nSPS) is 19.5. The number of benzene rings is 2.